The molecular formula is C21H28N2O3. The van der Waals surface area contributed by atoms with E-state index in [4.69, 9.17) is 9.15 Å². The third kappa shape index (κ3) is 3.78. The van der Waals surface area contributed by atoms with Crippen molar-refractivity contribution in [2.75, 3.05) is 20.2 Å². The molecule has 26 heavy (non-hydrogen) atoms. The monoisotopic (exact) mass is 356 g/mol. The van der Waals surface area contributed by atoms with Crippen LogP contribution >= 0.6 is 0 Å². The largest absolute Gasteiger partial charge is 0.440 e. The number of likely N-dealkylation sites (N-methyl/N-ethyl adjacent to an activating group) is 1. The normalized spacial score (nSPS) is 21.8. The Kier molecular flexibility index (Phi) is 5.25. The van der Waals surface area contributed by atoms with Gasteiger partial charge in [0, 0.05) is 31.7 Å². The molecule has 2 heterocycles. The van der Waals surface area contributed by atoms with E-state index in [9.17, 15) is 4.79 Å². The second-order valence-corrected chi connectivity index (χ2v) is 7.74. The van der Waals surface area contributed by atoms with Gasteiger partial charge in [-0.3, -0.25) is 4.79 Å². The first-order valence-electron chi connectivity index (χ1n) is 9.98. The third-order valence-electron chi connectivity index (χ3n) is 5.70. The van der Waals surface area contributed by atoms with Crippen molar-refractivity contribution in [2.45, 2.75) is 63.4 Å². The first-order chi connectivity index (χ1) is 12.7. The number of oxazole rings is 1. The van der Waals surface area contributed by atoms with Crippen LogP contribution in [-0.2, 0) is 4.74 Å². The van der Waals surface area contributed by atoms with Crippen molar-refractivity contribution in [2.24, 2.45) is 0 Å². The fraction of sp³-hybridized carbons (Fsp3) is 0.619. The van der Waals surface area contributed by atoms with Crippen molar-refractivity contribution in [3.63, 3.8) is 0 Å². The Morgan fingerprint density at radius 2 is 1.96 bits per heavy atom. The lowest BCUT2D eigenvalue weighted by atomic mass is 9.89. The van der Waals surface area contributed by atoms with Gasteiger partial charge in [-0.2, -0.15) is 0 Å². The highest BCUT2D eigenvalue weighted by molar-refractivity contribution is 5.96. The number of benzene rings is 1. The summed E-state index contributed by atoms with van der Waals surface area (Å²) in [4.78, 5) is 19.2. The zero-order valence-corrected chi connectivity index (χ0v) is 15.6. The van der Waals surface area contributed by atoms with Gasteiger partial charge in [-0.25, -0.2) is 4.98 Å². The minimum atomic E-state index is 0.0108. The van der Waals surface area contributed by atoms with Gasteiger partial charge in [0.25, 0.3) is 5.91 Å². The molecule has 140 valence electrons. The molecule has 0 bridgehead atoms. The van der Waals surface area contributed by atoms with E-state index in [0.717, 1.165) is 49.3 Å². The van der Waals surface area contributed by atoms with Crippen molar-refractivity contribution >= 4 is 17.0 Å². The number of amides is 1. The molecule has 1 aromatic heterocycles. The van der Waals surface area contributed by atoms with Crippen molar-refractivity contribution in [1.82, 2.24) is 9.88 Å². The summed E-state index contributed by atoms with van der Waals surface area (Å²) in [5, 5.41) is 0. The third-order valence-corrected chi connectivity index (χ3v) is 5.70. The smallest absolute Gasteiger partial charge is 0.253 e. The van der Waals surface area contributed by atoms with Gasteiger partial charge in [0.2, 0.25) is 0 Å². The topological polar surface area (TPSA) is 55.6 Å². The summed E-state index contributed by atoms with van der Waals surface area (Å²) >= 11 is 0. The zero-order chi connectivity index (χ0) is 17.9. The highest BCUT2D eigenvalue weighted by atomic mass is 16.5. The molecule has 1 saturated carbocycles. The number of rotatable bonds is 4. The van der Waals surface area contributed by atoms with Gasteiger partial charge in [0.15, 0.2) is 11.5 Å². The number of hydrogen-bond acceptors (Lipinski definition) is 4. The van der Waals surface area contributed by atoms with Crippen LogP contribution in [0.5, 0.6) is 0 Å². The van der Waals surface area contributed by atoms with Crippen LogP contribution in [0.2, 0.25) is 0 Å². The summed E-state index contributed by atoms with van der Waals surface area (Å²) in [5.74, 6) is 1.28. The average Bonchev–Trinajstić information content (AvgIpc) is 3.12. The zero-order valence-electron chi connectivity index (χ0n) is 15.6. The van der Waals surface area contributed by atoms with Crippen LogP contribution in [0.4, 0.5) is 0 Å². The summed E-state index contributed by atoms with van der Waals surface area (Å²) in [6, 6.07) is 5.61. The first-order valence-corrected chi connectivity index (χ1v) is 9.98. The molecule has 4 rings (SSSR count). The summed E-state index contributed by atoms with van der Waals surface area (Å²) in [5.41, 5.74) is 2.22. The van der Waals surface area contributed by atoms with Crippen LogP contribution in [0.3, 0.4) is 0 Å². The highest BCUT2D eigenvalue weighted by Crippen LogP contribution is 2.33. The Morgan fingerprint density at radius 3 is 2.73 bits per heavy atom. The SMILES string of the molecule is CN(CC1CCCCO1)C(=O)c1ccc2nc(C3CCCCC3)oc2c1. The summed E-state index contributed by atoms with van der Waals surface area (Å²) in [6.07, 6.45) is 9.62. The van der Waals surface area contributed by atoms with Crippen molar-refractivity contribution in [3.05, 3.63) is 29.7 Å². The standard InChI is InChI=1S/C21H28N2O3/c1-23(14-17-9-5-6-12-25-17)21(24)16-10-11-18-19(13-16)26-20(22-18)15-7-3-2-4-8-15/h10-11,13,15,17H,2-9,12,14H2,1H3. The molecule has 0 N–H and O–H groups in total. The van der Waals surface area contributed by atoms with Crippen LogP contribution in [0.15, 0.2) is 22.6 Å². The number of carbonyl (C=O) groups excluding carboxylic acids is 1. The van der Waals surface area contributed by atoms with Gasteiger partial charge in [-0.1, -0.05) is 19.3 Å². The van der Waals surface area contributed by atoms with E-state index < -0.39 is 0 Å². The van der Waals surface area contributed by atoms with Crippen LogP contribution in [-0.4, -0.2) is 42.1 Å². The minimum absolute atomic E-state index is 0.0108. The molecule has 1 saturated heterocycles. The lowest BCUT2D eigenvalue weighted by Crippen LogP contribution is -2.37. The molecule has 1 aliphatic carbocycles. The number of fused-ring (bicyclic) bond motifs is 1. The Balaban J connectivity index is 1.47. The maximum absolute atomic E-state index is 12.8. The van der Waals surface area contributed by atoms with Crippen molar-refractivity contribution < 1.29 is 13.9 Å². The van der Waals surface area contributed by atoms with E-state index in [0.29, 0.717) is 18.0 Å². The highest BCUT2D eigenvalue weighted by Gasteiger charge is 2.23. The van der Waals surface area contributed by atoms with Crippen LogP contribution in [0, 0.1) is 0 Å². The molecule has 1 aromatic carbocycles. The maximum Gasteiger partial charge on any atom is 0.253 e. The average molecular weight is 356 g/mol. The molecule has 1 aliphatic heterocycles. The predicted molar refractivity (Wildman–Crippen MR) is 100 cm³/mol. The van der Waals surface area contributed by atoms with Gasteiger partial charge >= 0.3 is 0 Å². The molecule has 5 nitrogen and oxygen atoms in total. The number of nitrogens with zero attached hydrogens (tertiary/aromatic N) is 2. The molecule has 1 amide bonds. The Morgan fingerprint density at radius 1 is 1.15 bits per heavy atom. The summed E-state index contributed by atoms with van der Waals surface area (Å²) < 4.78 is 11.8. The van der Waals surface area contributed by atoms with E-state index >= 15 is 0 Å². The molecule has 2 fully saturated rings. The fourth-order valence-electron chi connectivity index (χ4n) is 4.16. The second kappa shape index (κ2) is 7.78. The quantitative estimate of drug-likeness (QED) is 0.808. The summed E-state index contributed by atoms with van der Waals surface area (Å²) in [7, 11) is 1.85. The number of carbonyl (C=O) groups is 1. The molecule has 0 spiro atoms. The van der Waals surface area contributed by atoms with Crippen LogP contribution in [0.25, 0.3) is 11.1 Å². The van der Waals surface area contributed by atoms with E-state index in [2.05, 4.69) is 4.98 Å². The number of aromatic nitrogens is 1. The minimum Gasteiger partial charge on any atom is -0.440 e. The maximum atomic E-state index is 12.8. The molecule has 1 atom stereocenters. The molecule has 2 aromatic rings. The second-order valence-electron chi connectivity index (χ2n) is 7.74. The van der Waals surface area contributed by atoms with Crippen LogP contribution < -0.4 is 0 Å². The van der Waals surface area contributed by atoms with E-state index in [-0.39, 0.29) is 12.0 Å². The van der Waals surface area contributed by atoms with E-state index in [1.54, 1.807) is 4.90 Å². The van der Waals surface area contributed by atoms with Crippen molar-refractivity contribution in [3.8, 4) is 0 Å². The fourth-order valence-corrected chi connectivity index (χ4v) is 4.16. The van der Waals surface area contributed by atoms with Gasteiger partial charge < -0.3 is 14.1 Å². The Hall–Kier alpha value is -1.88. The van der Waals surface area contributed by atoms with E-state index in [1.165, 1.54) is 25.7 Å². The predicted octanol–water partition coefficient (Wildman–Crippen LogP) is 4.52. The van der Waals surface area contributed by atoms with Gasteiger partial charge in [0.05, 0.1) is 6.10 Å². The lowest BCUT2D eigenvalue weighted by Gasteiger charge is -2.27. The number of hydrogen-bond donors (Lipinski definition) is 0. The number of ether oxygens (including phenoxy) is 1. The summed E-state index contributed by atoms with van der Waals surface area (Å²) in [6.45, 7) is 1.45. The van der Waals surface area contributed by atoms with Gasteiger partial charge in [0.1, 0.15) is 5.52 Å². The Labute approximate surface area is 154 Å². The van der Waals surface area contributed by atoms with Gasteiger partial charge in [-0.15, -0.1) is 0 Å². The first kappa shape index (κ1) is 17.5. The molecule has 5 heteroatoms. The molecular weight excluding hydrogens is 328 g/mol. The molecule has 1 unspecified atom stereocenters. The van der Waals surface area contributed by atoms with Gasteiger partial charge in [-0.05, 0) is 50.3 Å². The van der Waals surface area contributed by atoms with E-state index in [1.807, 2.05) is 25.2 Å². The molecule has 0 radical (unpaired) electrons. The van der Waals surface area contributed by atoms with Crippen molar-refractivity contribution in [1.29, 1.82) is 0 Å². The van der Waals surface area contributed by atoms with Crippen LogP contribution in [0.1, 0.15) is 73.5 Å². The molecule has 2 aliphatic rings. The Bertz CT molecular complexity index is 758. The lowest BCUT2D eigenvalue weighted by molar-refractivity contribution is -0.000185.